The molecule has 4 heteroatoms. The third kappa shape index (κ3) is 4.67. The maximum absolute atomic E-state index is 6.89. The van der Waals surface area contributed by atoms with Crippen molar-refractivity contribution in [2.45, 2.75) is 5.41 Å². The molecule has 1 aliphatic carbocycles. The highest BCUT2D eigenvalue weighted by atomic mass is 32.1. The molecule has 13 rings (SSSR count). The van der Waals surface area contributed by atoms with Gasteiger partial charge in [0.05, 0.1) is 11.1 Å². The van der Waals surface area contributed by atoms with Crippen molar-refractivity contribution in [2.75, 3.05) is 4.90 Å². The fourth-order valence-electron chi connectivity index (χ4n) is 10.1. The summed E-state index contributed by atoms with van der Waals surface area (Å²) in [6.07, 6.45) is 0. The number of thiophene rings is 2. The molecule has 1 aliphatic heterocycles. The van der Waals surface area contributed by atoms with Crippen LogP contribution in [0, 0.1) is 0 Å². The summed E-state index contributed by atoms with van der Waals surface area (Å²) in [7, 11) is 0. The van der Waals surface area contributed by atoms with Crippen LogP contribution in [-0.4, -0.2) is 0 Å². The number of benzene rings is 9. The highest BCUT2D eigenvalue weighted by molar-refractivity contribution is 7.26. The predicted octanol–water partition coefficient (Wildman–Crippen LogP) is 16.0. The van der Waals surface area contributed by atoms with E-state index in [-0.39, 0.29) is 0 Å². The molecule has 0 atom stereocenters. The summed E-state index contributed by atoms with van der Waals surface area (Å²) >= 11 is 3.72. The van der Waals surface area contributed by atoms with Gasteiger partial charge in [-0.05, 0) is 106 Å². The van der Waals surface area contributed by atoms with Gasteiger partial charge in [0.25, 0.3) is 0 Å². The van der Waals surface area contributed by atoms with Gasteiger partial charge in [-0.1, -0.05) is 127 Å². The molecule has 3 heterocycles. The lowest BCUT2D eigenvalue weighted by atomic mass is 9.66. The van der Waals surface area contributed by atoms with E-state index < -0.39 is 5.41 Å². The van der Waals surface area contributed by atoms with Gasteiger partial charge < -0.3 is 9.64 Å². The molecule has 0 N–H and O–H groups in total. The Morgan fingerprint density at radius 1 is 0.373 bits per heavy atom. The van der Waals surface area contributed by atoms with E-state index in [0.29, 0.717) is 0 Å². The van der Waals surface area contributed by atoms with Crippen LogP contribution in [0.5, 0.6) is 11.5 Å². The summed E-state index contributed by atoms with van der Waals surface area (Å²) in [6.45, 7) is 0. The van der Waals surface area contributed by atoms with Crippen LogP contribution in [0.25, 0.3) is 62.6 Å². The highest BCUT2D eigenvalue weighted by Crippen LogP contribution is 2.63. The Morgan fingerprint density at radius 3 is 1.83 bits per heavy atom. The number of ether oxygens (including phenoxy) is 1. The van der Waals surface area contributed by atoms with Crippen LogP contribution in [0.2, 0.25) is 0 Å². The Labute approximate surface area is 349 Å². The average molecular weight is 788 g/mol. The molecule has 0 amide bonds. The summed E-state index contributed by atoms with van der Waals surface area (Å²) in [5.74, 6) is 1.78. The van der Waals surface area contributed by atoms with Crippen molar-refractivity contribution in [3.05, 3.63) is 222 Å². The van der Waals surface area contributed by atoms with Gasteiger partial charge in [-0.3, -0.25) is 0 Å². The second-order valence-electron chi connectivity index (χ2n) is 15.6. The Morgan fingerprint density at radius 2 is 0.983 bits per heavy atom. The lowest BCUT2D eigenvalue weighted by Gasteiger charge is -2.40. The second-order valence-corrected chi connectivity index (χ2v) is 17.7. The molecule has 276 valence electrons. The monoisotopic (exact) mass is 787 g/mol. The number of para-hydroxylation sites is 1. The smallest absolute Gasteiger partial charge is 0.132 e. The van der Waals surface area contributed by atoms with E-state index in [4.69, 9.17) is 4.74 Å². The molecule has 0 radical (unpaired) electrons. The van der Waals surface area contributed by atoms with Gasteiger partial charge in [0.2, 0.25) is 0 Å². The quantitative estimate of drug-likeness (QED) is 0.176. The highest BCUT2D eigenvalue weighted by Gasteiger charge is 2.51. The van der Waals surface area contributed by atoms with Crippen LogP contribution in [0.3, 0.4) is 0 Å². The summed E-state index contributed by atoms with van der Waals surface area (Å²) < 4.78 is 12.0. The molecule has 0 unspecified atom stereocenters. The fourth-order valence-corrected chi connectivity index (χ4v) is 12.3. The van der Waals surface area contributed by atoms with Gasteiger partial charge in [0.1, 0.15) is 11.5 Å². The lowest BCUT2D eigenvalue weighted by Crippen LogP contribution is -2.32. The Hall–Kier alpha value is -6.98. The zero-order valence-electron chi connectivity index (χ0n) is 31.7. The molecule has 1 spiro atoms. The number of fused-ring (bicyclic) bond motifs is 15. The van der Waals surface area contributed by atoms with E-state index in [0.717, 1.165) is 34.1 Å². The fraction of sp³-hybridized carbons (Fsp3) is 0.0182. The second kappa shape index (κ2) is 12.5. The van der Waals surface area contributed by atoms with E-state index >= 15 is 0 Å². The van der Waals surface area contributed by atoms with Gasteiger partial charge in [0, 0.05) is 62.8 Å². The summed E-state index contributed by atoms with van der Waals surface area (Å²) in [6, 6.07) is 73.7. The van der Waals surface area contributed by atoms with E-state index in [2.05, 4.69) is 205 Å². The molecular formula is C55H33NOS2. The van der Waals surface area contributed by atoms with Crippen LogP contribution in [0.15, 0.2) is 200 Å². The normalized spacial score (nSPS) is 13.4. The van der Waals surface area contributed by atoms with Crippen molar-refractivity contribution >= 4 is 80.1 Å². The first-order valence-corrected chi connectivity index (χ1v) is 21.7. The Kier molecular flexibility index (Phi) is 7.00. The Balaban J connectivity index is 1.12. The first-order chi connectivity index (χ1) is 29.2. The van der Waals surface area contributed by atoms with Crippen molar-refractivity contribution in [3.63, 3.8) is 0 Å². The SMILES string of the molecule is c1ccc(-c2ccc3sc4cccc(N(c5ccc6c(c5)C5(c7ccccc7O6)c6ccccc6-c6ccccc65)c5ccc6sc7ccccc7c6c5)c4c3c2)cc1. The average Bonchev–Trinajstić information content (AvgIpc) is 3.96. The van der Waals surface area contributed by atoms with Crippen LogP contribution < -0.4 is 9.64 Å². The number of anilines is 3. The maximum Gasteiger partial charge on any atom is 0.132 e. The zero-order valence-corrected chi connectivity index (χ0v) is 33.4. The number of rotatable bonds is 4. The van der Waals surface area contributed by atoms with Crippen molar-refractivity contribution < 1.29 is 4.74 Å². The van der Waals surface area contributed by atoms with Crippen molar-refractivity contribution in [3.8, 4) is 33.8 Å². The van der Waals surface area contributed by atoms with Crippen LogP contribution >= 0.6 is 22.7 Å². The molecule has 59 heavy (non-hydrogen) atoms. The Bertz CT molecular complexity index is 3460. The van der Waals surface area contributed by atoms with E-state index in [9.17, 15) is 0 Å². The molecule has 0 fully saturated rings. The largest absolute Gasteiger partial charge is 0.457 e. The number of hydrogen-bond donors (Lipinski definition) is 0. The molecule has 2 aromatic heterocycles. The topological polar surface area (TPSA) is 12.5 Å². The van der Waals surface area contributed by atoms with Crippen molar-refractivity contribution in [1.29, 1.82) is 0 Å². The van der Waals surface area contributed by atoms with Crippen molar-refractivity contribution in [2.24, 2.45) is 0 Å². The lowest BCUT2D eigenvalue weighted by molar-refractivity contribution is 0.436. The van der Waals surface area contributed by atoms with Gasteiger partial charge >= 0.3 is 0 Å². The molecule has 2 nitrogen and oxygen atoms in total. The number of hydrogen-bond acceptors (Lipinski definition) is 4. The minimum atomic E-state index is -0.571. The minimum Gasteiger partial charge on any atom is -0.457 e. The van der Waals surface area contributed by atoms with Gasteiger partial charge in [-0.25, -0.2) is 0 Å². The molecular weight excluding hydrogens is 755 g/mol. The molecule has 9 aromatic carbocycles. The molecule has 2 aliphatic rings. The molecule has 0 saturated heterocycles. The van der Waals surface area contributed by atoms with Crippen LogP contribution in [0.1, 0.15) is 22.3 Å². The molecule has 11 aromatic rings. The molecule has 0 bridgehead atoms. The van der Waals surface area contributed by atoms with Crippen molar-refractivity contribution in [1.82, 2.24) is 0 Å². The summed E-state index contributed by atoms with van der Waals surface area (Å²) in [4.78, 5) is 2.50. The van der Waals surface area contributed by atoms with E-state index in [1.807, 2.05) is 22.7 Å². The summed E-state index contributed by atoms with van der Waals surface area (Å²) in [5.41, 5.74) is 12.6. The molecule has 0 saturated carbocycles. The summed E-state index contributed by atoms with van der Waals surface area (Å²) in [5, 5.41) is 5.08. The standard InChI is InChI=1S/C55H33NOS2/c1-2-13-34(14-3-1)35-25-29-52-42(31-35)54-47(21-12-24-53(54)59-52)56(36-27-30-51-41(32-36)40-17-6-11-23-50(40)58-51)37-26-28-49-46(33-37)55(45-20-9-10-22-48(45)57-49)43-18-7-4-15-38(43)39-16-5-8-19-44(39)55/h1-33H. The van der Waals surface area contributed by atoms with E-state index in [1.165, 1.54) is 79.3 Å². The number of nitrogens with zero attached hydrogens (tertiary/aromatic N) is 1. The van der Waals surface area contributed by atoms with Crippen LogP contribution in [-0.2, 0) is 5.41 Å². The third-order valence-electron chi connectivity index (χ3n) is 12.5. The first-order valence-electron chi connectivity index (χ1n) is 20.1. The maximum atomic E-state index is 6.89. The van der Waals surface area contributed by atoms with E-state index in [1.54, 1.807) is 0 Å². The van der Waals surface area contributed by atoms with Gasteiger partial charge in [-0.2, -0.15) is 0 Å². The third-order valence-corrected chi connectivity index (χ3v) is 14.8. The minimum absolute atomic E-state index is 0.571. The van der Waals surface area contributed by atoms with Crippen LogP contribution in [0.4, 0.5) is 17.1 Å². The van der Waals surface area contributed by atoms with Gasteiger partial charge in [-0.15, -0.1) is 22.7 Å². The van der Waals surface area contributed by atoms with Gasteiger partial charge in [0.15, 0.2) is 0 Å². The first kappa shape index (κ1) is 33.0. The zero-order chi connectivity index (χ0) is 38.7. The predicted molar refractivity (Wildman–Crippen MR) is 250 cm³/mol.